The van der Waals surface area contributed by atoms with Crippen molar-refractivity contribution in [3.8, 4) is 16.9 Å². The number of fused-ring (bicyclic) bond motifs is 1. The van der Waals surface area contributed by atoms with E-state index >= 15 is 4.39 Å². The lowest BCUT2D eigenvalue weighted by atomic mass is 9.99. The highest BCUT2D eigenvalue weighted by Gasteiger charge is 2.26. The number of rotatable bonds is 2. The van der Waals surface area contributed by atoms with Gasteiger partial charge in [-0.15, -0.1) is 0 Å². The number of phenolic OH excluding ortho intramolecular Hbond substituents is 1. The van der Waals surface area contributed by atoms with Crippen LogP contribution < -0.4 is 10.6 Å². The molecule has 0 unspecified atom stereocenters. The van der Waals surface area contributed by atoms with Gasteiger partial charge in [0.15, 0.2) is 5.82 Å². The number of pyridine rings is 1. The summed E-state index contributed by atoms with van der Waals surface area (Å²) in [5, 5.41) is 10.4. The molecule has 3 N–H and O–H groups in total. The second kappa shape index (κ2) is 7.60. The average molecular weight is 433 g/mol. The van der Waals surface area contributed by atoms with Gasteiger partial charge in [-0.1, -0.05) is 17.7 Å². The molecular formula is C21H19ClF2N4O2. The summed E-state index contributed by atoms with van der Waals surface area (Å²) in [6.45, 7) is 3.56. The van der Waals surface area contributed by atoms with Crippen molar-refractivity contribution < 1.29 is 18.7 Å². The van der Waals surface area contributed by atoms with Gasteiger partial charge in [0.05, 0.1) is 28.2 Å². The zero-order valence-corrected chi connectivity index (χ0v) is 16.9. The number of amides is 1. The molecule has 1 saturated heterocycles. The van der Waals surface area contributed by atoms with E-state index in [-0.39, 0.29) is 27.6 Å². The lowest BCUT2D eigenvalue weighted by molar-refractivity contribution is -0.129. The molecule has 2 heterocycles. The highest BCUT2D eigenvalue weighted by atomic mass is 35.5. The third kappa shape index (κ3) is 3.27. The smallest absolute Gasteiger partial charge is 0.219 e. The van der Waals surface area contributed by atoms with Gasteiger partial charge in [-0.05, 0) is 18.2 Å². The predicted molar refractivity (Wildman–Crippen MR) is 113 cm³/mol. The molecule has 1 aliphatic heterocycles. The zero-order valence-electron chi connectivity index (χ0n) is 16.1. The number of nitrogens with zero attached hydrogens (tertiary/aromatic N) is 3. The quantitative estimate of drug-likeness (QED) is 0.643. The van der Waals surface area contributed by atoms with E-state index in [9.17, 15) is 14.3 Å². The Bertz CT molecular complexity index is 1140. The van der Waals surface area contributed by atoms with Crippen molar-refractivity contribution in [3.05, 3.63) is 47.1 Å². The van der Waals surface area contributed by atoms with E-state index in [2.05, 4.69) is 4.98 Å². The van der Waals surface area contributed by atoms with Crippen LogP contribution in [-0.4, -0.2) is 47.1 Å². The number of anilines is 2. The molecule has 0 saturated carbocycles. The summed E-state index contributed by atoms with van der Waals surface area (Å²) in [6, 6.07) is 5.18. The lowest BCUT2D eigenvalue weighted by Gasteiger charge is -2.36. The van der Waals surface area contributed by atoms with E-state index in [0.717, 1.165) is 6.07 Å². The maximum Gasteiger partial charge on any atom is 0.219 e. The fourth-order valence-electron chi connectivity index (χ4n) is 3.85. The number of halogens is 3. The van der Waals surface area contributed by atoms with Crippen LogP contribution in [0.4, 0.5) is 20.2 Å². The van der Waals surface area contributed by atoms with E-state index in [1.165, 1.54) is 31.3 Å². The van der Waals surface area contributed by atoms with Crippen LogP contribution in [-0.2, 0) is 4.79 Å². The molecule has 1 fully saturated rings. The third-order valence-corrected chi connectivity index (χ3v) is 5.63. The normalized spacial score (nSPS) is 14.4. The van der Waals surface area contributed by atoms with Crippen molar-refractivity contribution in [2.75, 3.05) is 36.8 Å². The Morgan fingerprint density at radius 2 is 1.90 bits per heavy atom. The largest absolute Gasteiger partial charge is 0.507 e. The predicted octanol–water partition coefficient (Wildman–Crippen LogP) is 3.79. The van der Waals surface area contributed by atoms with E-state index in [4.69, 9.17) is 17.3 Å². The van der Waals surface area contributed by atoms with E-state index < -0.39 is 17.4 Å². The Balaban J connectivity index is 1.87. The molecule has 1 aromatic heterocycles. The number of phenols is 1. The van der Waals surface area contributed by atoms with Gasteiger partial charge in [0.2, 0.25) is 5.91 Å². The minimum absolute atomic E-state index is 0.00867. The summed E-state index contributed by atoms with van der Waals surface area (Å²) >= 11 is 6.36. The Labute approximate surface area is 176 Å². The molecule has 2 aromatic carbocycles. The van der Waals surface area contributed by atoms with Crippen LogP contribution in [0.2, 0.25) is 5.02 Å². The van der Waals surface area contributed by atoms with Gasteiger partial charge in [0, 0.05) is 44.1 Å². The van der Waals surface area contributed by atoms with Crippen molar-refractivity contribution in [2.24, 2.45) is 0 Å². The van der Waals surface area contributed by atoms with Gasteiger partial charge in [0.1, 0.15) is 17.1 Å². The SMILES string of the molecule is CC(=O)N1CCN(c2c(N)cnc3c(F)c(-c4c(O)cccc4F)c(Cl)cc23)CC1. The molecule has 1 aliphatic rings. The monoisotopic (exact) mass is 432 g/mol. The first-order chi connectivity index (χ1) is 14.3. The number of aromatic hydroxyl groups is 1. The highest BCUT2D eigenvalue weighted by Crippen LogP contribution is 2.43. The minimum Gasteiger partial charge on any atom is -0.507 e. The van der Waals surface area contributed by atoms with Crippen molar-refractivity contribution >= 4 is 39.8 Å². The van der Waals surface area contributed by atoms with Gasteiger partial charge < -0.3 is 20.6 Å². The van der Waals surface area contributed by atoms with Crippen LogP contribution >= 0.6 is 11.6 Å². The van der Waals surface area contributed by atoms with Crippen LogP contribution in [0.25, 0.3) is 22.0 Å². The van der Waals surface area contributed by atoms with Crippen LogP contribution in [0.15, 0.2) is 30.5 Å². The first-order valence-corrected chi connectivity index (χ1v) is 9.72. The number of carbonyl (C=O) groups excluding carboxylic acids is 1. The first-order valence-electron chi connectivity index (χ1n) is 9.34. The molecule has 0 aliphatic carbocycles. The van der Waals surface area contributed by atoms with Crippen LogP contribution in [0, 0.1) is 11.6 Å². The van der Waals surface area contributed by atoms with E-state index in [1.54, 1.807) is 4.90 Å². The second-order valence-electron chi connectivity index (χ2n) is 7.13. The first kappa shape index (κ1) is 20.2. The molecule has 30 heavy (non-hydrogen) atoms. The lowest BCUT2D eigenvalue weighted by Crippen LogP contribution is -2.48. The Hall–Kier alpha value is -3.13. The molecule has 0 radical (unpaired) electrons. The van der Waals surface area contributed by atoms with Gasteiger partial charge in [0.25, 0.3) is 0 Å². The molecule has 1 amide bonds. The highest BCUT2D eigenvalue weighted by molar-refractivity contribution is 6.34. The fraction of sp³-hybridized carbons (Fsp3) is 0.238. The molecule has 6 nitrogen and oxygen atoms in total. The maximum atomic E-state index is 15.5. The molecular weight excluding hydrogens is 414 g/mol. The van der Waals surface area contributed by atoms with Crippen molar-refractivity contribution in [2.45, 2.75) is 6.92 Å². The van der Waals surface area contributed by atoms with Crippen molar-refractivity contribution in [1.29, 1.82) is 0 Å². The molecule has 156 valence electrons. The van der Waals surface area contributed by atoms with E-state index in [0.29, 0.717) is 42.9 Å². The molecule has 4 rings (SSSR count). The minimum atomic E-state index is -0.846. The van der Waals surface area contributed by atoms with Crippen LogP contribution in [0.1, 0.15) is 6.92 Å². The number of hydrogen-bond donors (Lipinski definition) is 2. The summed E-state index contributed by atoms with van der Waals surface area (Å²) in [7, 11) is 0. The average Bonchev–Trinajstić information content (AvgIpc) is 2.70. The molecule has 0 bridgehead atoms. The Morgan fingerprint density at radius 3 is 2.53 bits per heavy atom. The molecule has 0 spiro atoms. The summed E-state index contributed by atoms with van der Waals surface area (Å²) in [5.41, 5.74) is 6.45. The maximum absolute atomic E-state index is 15.5. The topological polar surface area (TPSA) is 82.7 Å². The summed E-state index contributed by atoms with van der Waals surface area (Å²) < 4.78 is 29.9. The van der Waals surface area contributed by atoms with Crippen molar-refractivity contribution in [1.82, 2.24) is 9.88 Å². The standard InChI is InChI=1S/C21H19ClF2N4O2/c1-11(29)27-5-7-28(8-6-27)21-12-9-13(22)17(18-14(23)3-2-4-16(18)30)19(24)20(12)26-10-15(21)25/h2-4,9-10,30H,5-8,25H2,1H3. The molecule has 3 aromatic rings. The van der Waals surface area contributed by atoms with Crippen LogP contribution in [0.5, 0.6) is 5.75 Å². The number of aromatic nitrogens is 1. The van der Waals surface area contributed by atoms with Crippen molar-refractivity contribution in [3.63, 3.8) is 0 Å². The van der Waals surface area contributed by atoms with Gasteiger partial charge in [-0.2, -0.15) is 0 Å². The summed E-state index contributed by atoms with van der Waals surface area (Å²) in [5.74, 6) is -2.08. The van der Waals surface area contributed by atoms with Gasteiger partial charge in [-0.25, -0.2) is 8.78 Å². The number of carbonyl (C=O) groups is 1. The Morgan fingerprint density at radius 1 is 1.20 bits per heavy atom. The number of piperazine rings is 1. The summed E-state index contributed by atoms with van der Waals surface area (Å²) in [6.07, 6.45) is 1.34. The van der Waals surface area contributed by atoms with E-state index in [1.807, 2.05) is 4.90 Å². The fourth-order valence-corrected chi connectivity index (χ4v) is 4.14. The summed E-state index contributed by atoms with van der Waals surface area (Å²) in [4.78, 5) is 19.4. The molecule has 9 heteroatoms. The molecule has 0 atom stereocenters. The van der Waals surface area contributed by atoms with Gasteiger partial charge in [-0.3, -0.25) is 9.78 Å². The van der Waals surface area contributed by atoms with Gasteiger partial charge >= 0.3 is 0 Å². The number of benzene rings is 2. The Kier molecular flexibility index (Phi) is 5.11. The van der Waals surface area contributed by atoms with Crippen LogP contribution in [0.3, 0.4) is 0 Å². The second-order valence-corrected chi connectivity index (χ2v) is 7.54. The zero-order chi connectivity index (χ0) is 21.6. The number of nitrogens with two attached hydrogens (primary N) is 1. The number of hydrogen-bond acceptors (Lipinski definition) is 5. The number of nitrogen functional groups attached to an aromatic ring is 1. The third-order valence-electron chi connectivity index (χ3n) is 5.34.